The van der Waals surface area contributed by atoms with Gasteiger partial charge >= 0.3 is 18.0 Å². The fourth-order valence-electron chi connectivity index (χ4n) is 2.85. The molecule has 0 amide bonds. The smallest absolute Gasteiger partial charge is 0.397 e. The van der Waals surface area contributed by atoms with E-state index < -0.39 is 18.0 Å². The molecule has 1 aliphatic heterocycles. The summed E-state index contributed by atoms with van der Waals surface area (Å²) >= 11 is 0. The van der Waals surface area contributed by atoms with Crippen molar-refractivity contribution in [2.24, 2.45) is 0 Å². The van der Waals surface area contributed by atoms with Crippen LogP contribution in [-0.4, -0.2) is 63.1 Å². The van der Waals surface area contributed by atoms with Crippen molar-refractivity contribution < 1.29 is 17.7 Å². The molecular weight excluding hydrogens is 290 g/mol. The van der Waals surface area contributed by atoms with E-state index in [-0.39, 0.29) is 0 Å². The highest BCUT2D eigenvalue weighted by Gasteiger charge is 2.47. The molecule has 20 heavy (non-hydrogen) atoms. The first-order valence-electron chi connectivity index (χ1n) is 7.72. The summed E-state index contributed by atoms with van der Waals surface area (Å²) in [6, 6.07) is 1.08. The van der Waals surface area contributed by atoms with Gasteiger partial charge in [0.15, 0.2) is 0 Å². The van der Waals surface area contributed by atoms with Gasteiger partial charge in [-0.2, -0.15) is 0 Å². The predicted molar refractivity (Wildman–Crippen MR) is 85.2 cm³/mol. The fourth-order valence-corrected chi connectivity index (χ4v) is 7.66. The molecule has 0 aromatic heterocycles. The highest BCUT2D eigenvalue weighted by molar-refractivity contribution is 6.65. The van der Waals surface area contributed by atoms with Gasteiger partial charge < -0.3 is 17.7 Å². The molecule has 0 saturated carbocycles. The standard InChI is InChI=1S/C13H31NO4Si2/c1-6-17-19(18-7-2)13(3)9-11-14-10-8-12-20(14,15-4)16-5/h13,19H,6-12H2,1-5H3. The maximum atomic E-state index is 5.81. The molecule has 1 fully saturated rings. The molecule has 1 unspecified atom stereocenters. The number of nitrogens with zero attached hydrogens (tertiary/aromatic N) is 1. The Morgan fingerprint density at radius 3 is 2.25 bits per heavy atom. The molecule has 0 bridgehead atoms. The van der Waals surface area contributed by atoms with Gasteiger partial charge in [-0.1, -0.05) is 6.92 Å². The number of hydrogen-bond donors (Lipinski definition) is 0. The van der Waals surface area contributed by atoms with Gasteiger partial charge in [-0.15, -0.1) is 0 Å². The SMILES string of the molecule is CCO[SiH](OCC)C(C)CCN1CCC[Si]1(OC)OC. The highest BCUT2D eigenvalue weighted by Crippen LogP contribution is 2.28. The van der Waals surface area contributed by atoms with Gasteiger partial charge in [-0.05, 0) is 45.3 Å². The van der Waals surface area contributed by atoms with Gasteiger partial charge in [-0.25, -0.2) is 0 Å². The van der Waals surface area contributed by atoms with Crippen LogP contribution in [0.4, 0.5) is 0 Å². The first-order valence-corrected chi connectivity index (χ1v) is 11.3. The minimum Gasteiger partial charge on any atom is -0.397 e. The van der Waals surface area contributed by atoms with Crippen molar-refractivity contribution in [3.63, 3.8) is 0 Å². The first kappa shape index (κ1) is 18.3. The van der Waals surface area contributed by atoms with E-state index in [1.165, 1.54) is 6.42 Å². The Hall–Kier alpha value is 0.234. The van der Waals surface area contributed by atoms with Crippen molar-refractivity contribution in [1.82, 2.24) is 4.57 Å². The minimum absolute atomic E-state index is 0.510. The van der Waals surface area contributed by atoms with E-state index in [4.69, 9.17) is 17.7 Å². The van der Waals surface area contributed by atoms with Crippen LogP contribution in [0, 0.1) is 0 Å². The molecule has 1 heterocycles. The Labute approximate surface area is 126 Å². The average Bonchev–Trinajstić information content (AvgIpc) is 2.88. The maximum Gasteiger partial charge on any atom is 0.427 e. The molecule has 1 aliphatic rings. The lowest BCUT2D eigenvalue weighted by molar-refractivity contribution is 0.176. The van der Waals surface area contributed by atoms with Gasteiger partial charge in [0.1, 0.15) is 0 Å². The van der Waals surface area contributed by atoms with Crippen LogP contribution >= 0.6 is 0 Å². The van der Waals surface area contributed by atoms with E-state index in [0.29, 0.717) is 5.54 Å². The molecule has 7 heteroatoms. The summed E-state index contributed by atoms with van der Waals surface area (Å²) in [4.78, 5) is 0. The van der Waals surface area contributed by atoms with Crippen LogP contribution in [0.3, 0.4) is 0 Å². The Morgan fingerprint density at radius 2 is 1.75 bits per heavy atom. The van der Waals surface area contributed by atoms with Crippen LogP contribution in [0.2, 0.25) is 11.6 Å². The summed E-state index contributed by atoms with van der Waals surface area (Å²) < 4.78 is 25.5. The van der Waals surface area contributed by atoms with Gasteiger partial charge in [0.25, 0.3) is 0 Å². The van der Waals surface area contributed by atoms with Gasteiger partial charge in [0, 0.05) is 33.5 Å². The maximum absolute atomic E-state index is 5.81. The second-order valence-corrected chi connectivity index (χ2v) is 11.2. The molecule has 0 N–H and O–H groups in total. The molecule has 120 valence electrons. The van der Waals surface area contributed by atoms with Crippen molar-refractivity contribution in [2.75, 3.05) is 40.5 Å². The van der Waals surface area contributed by atoms with E-state index >= 15 is 0 Å². The van der Waals surface area contributed by atoms with Crippen LogP contribution in [0.25, 0.3) is 0 Å². The van der Waals surface area contributed by atoms with E-state index in [1.807, 2.05) is 13.8 Å². The Balaban J connectivity index is 2.48. The van der Waals surface area contributed by atoms with E-state index in [0.717, 1.165) is 38.8 Å². The third kappa shape index (κ3) is 4.62. The summed E-state index contributed by atoms with van der Waals surface area (Å²) in [7, 11) is -0.0490. The molecule has 0 aromatic rings. The first-order chi connectivity index (χ1) is 9.63. The molecule has 0 radical (unpaired) electrons. The quantitative estimate of drug-likeness (QED) is 0.576. The Bertz CT molecular complexity index is 261. The zero-order chi connectivity index (χ0) is 15.0. The van der Waals surface area contributed by atoms with Gasteiger partial charge in [0.2, 0.25) is 0 Å². The topological polar surface area (TPSA) is 40.2 Å². The van der Waals surface area contributed by atoms with Crippen LogP contribution in [0.1, 0.15) is 33.6 Å². The average molecular weight is 322 g/mol. The molecule has 5 nitrogen and oxygen atoms in total. The lowest BCUT2D eigenvalue weighted by atomic mass is 10.3. The summed E-state index contributed by atoms with van der Waals surface area (Å²) in [6.45, 7) is 9.95. The van der Waals surface area contributed by atoms with Crippen LogP contribution in [0.15, 0.2) is 0 Å². The zero-order valence-corrected chi connectivity index (χ0v) is 15.8. The summed E-state index contributed by atoms with van der Waals surface area (Å²) in [5.41, 5.74) is 0.510. The zero-order valence-electron chi connectivity index (χ0n) is 13.7. The molecule has 0 aliphatic carbocycles. The summed E-state index contributed by atoms with van der Waals surface area (Å²) in [5, 5.41) is 0. The molecule has 0 spiro atoms. The largest absolute Gasteiger partial charge is 0.427 e. The normalized spacial score (nSPS) is 20.7. The molecule has 1 saturated heterocycles. The van der Waals surface area contributed by atoms with Gasteiger partial charge in [0.05, 0.1) is 0 Å². The molecule has 1 atom stereocenters. The molecule has 1 rings (SSSR count). The lowest BCUT2D eigenvalue weighted by Crippen LogP contribution is -2.53. The lowest BCUT2D eigenvalue weighted by Gasteiger charge is -2.33. The number of hydrogen-bond acceptors (Lipinski definition) is 5. The van der Waals surface area contributed by atoms with E-state index in [2.05, 4.69) is 11.5 Å². The third-order valence-corrected chi connectivity index (χ3v) is 10.3. The minimum atomic E-state index is -2.08. The van der Waals surface area contributed by atoms with Crippen molar-refractivity contribution in [3.8, 4) is 0 Å². The van der Waals surface area contributed by atoms with Crippen molar-refractivity contribution in [1.29, 1.82) is 0 Å². The highest BCUT2D eigenvalue weighted by atomic mass is 28.4. The second kappa shape index (κ2) is 9.29. The summed E-state index contributed by atoms with van der Waals surface area (Å²) in [5.74, 6) is 0. The monoisotopic (exact) mass is 321 g/mol. The van der Waals surface area contributed by atoms with E-state index in [1.54, 1.807) is 14.2 Å². The van der Waals surface area contributed by atoms with Crippen molar-refractivity contribution >= 4 is 18.0 Å². The van der Waals surface area contributed by atoms with Gasteiger partial charge in [-0.3, -0.25) is 4.57 Å². The Kier molecular flexibility index (Phi) is 8.49. The molecule has 0 aromatic carbocycles. The van der Waals surface area contributed by atoms with Crippen LogP contribution < -0.4 is 0 Å². The third-order valence-electron chi connectivity index (χ3n) is 4.02. The number of rotatable bonds is 10. The second-order valence-electron chi connectivity index (χ2n) is 5.26. The van der Waals surface area contributed by atoms with Crippen molar-refractivity contribution in [2.45, 2.75) is 45.2 Å². The fraction of sp³-hybridized carbons (Fsp3) is 1.00. The Morgan fingerprint density at radius 1 is 1.15 bits per heavy atom. The van der Waals surface area contributed by atoms with Crippen LogP contribution in [0.5, 0.6) is 0 Å². The van der Waals surface area contributed by atoms with E-state index in [9.17, 15) is 0 Å². The predicted octanol–water partition coefficient (Wildman–Crippen LogP) is 2.00. The van der Waals surface area contributed by atoms with Crippen molar-refractivity contribution in [3.05, 3.63) is 0 Å². The summed E-state index contributed by atoms with van der Waals surface area (Å²) in [6.07, 6.45) is 2.28. The molecular formula is C13H31NO4Si2. The van der Waals surface area contributed by atoms with Crippen LogP contribution in [-0.2, 0) is 17.7 Å².